The number of pyridine rings is 1. The van der Waals surface area contributed by atoms with Gasteiger partial charge in [0, 0.05) is 5.39 Å². The molecule has 0 fully saturated rings. The van der Waals surface area contributed by atoms with Gasteiger partial charge in [0.1, 0.15) is 15.9 Å². The number of hydrogen-bond donors (Lipinski definition) is 0. The molecule has 66 valence electrons. The van der Waals surface area contributed by atoms with Crippen LogP contribution in [0.1, 0.15) is 0 Å². The highest BCUT2D eigenvalue weighted by Crippen LogP contribution is 2.25. The summed E-state index contributed by atoms with van der Waals surface area (Å²) in [5, 5.41) is 1.14. The highest BCUT2D eigenvalue weighted by atomic mass is 79.9. The molecule has 0 aliphatic heterocycles. The van der Waals surface area contributed by atoms with Gasteiger partial charge in [-0.15, -0.1) is 0 Å². The van der Waals surface area contributed by atoms with Crippen LogP contribution in [0.25, 0.3) is 10.9 Å². The summed E-state index contributed by atoms with van der Waals surface area (Å²) < 4.78 is 13.8. The van der Waals surface area contributed by atoms with Crippen molar-refractivity contribution in [3.05, 3.63) is 39.7 Å². The number of nitrogens with zero attached hydrogens (tertiary/aromatic N) is 1. The zero-order valence-corrected chi connectivity index (χ0v) is 8.73. The summed E-state index contributed by atoms with van der Waals surface area (Å²) in [4.78, 5) is 3.99. The number of fused-ring (bicyclic) bond motifs is 1. The van der Waals surface area contributed by atoms with E-state index >= 15 is 0 Å². The summed E-state index contributed by atoms with van der Waals surface area (Å²) in [5.41, 5.74) is 0.293. The van der Waals surface area contributed by atoms with Gasteiger partial charge in [-0.1, -0.05) is 11.6 Å². The average Bonchev–Trinajstić information content (AvgIpc) is 2.12. The van der Waals surface area contributed by atoms with Crippen LogP contribution in [0.2, 0.25) is 5.02 Å². The standard InChI is InChI=1S/C9H4BrClFN/c10-8-4-1-5-6(11)2-3-7(12)9(5)13-8/h1-4H. The molecule has 0 spiro atoms. The van der Waals surface area contributed by atoms with Gasteiger partial charge in [0.05, 0.1) is 5.02 Å². The van der Waals surface area contributed by atoms with E-state index in [0.717, 1.165) is 0 Å². The van der Waals surface area contributed by atoms with E-state index in [4.69, 9.17) is 11.6 Å². The molecule has 0 saturated carbocycles. The largest absolute Gasteiger partial charge is 0.238 e. The Morgan fingerprint density at radius 3 is 2.77 bits per heavy atom. The second-order valence-corrected chi connectivity index (χ2v) is 3.78. The maximum absolute atomic E-state index is 13.2. The molecule has 1 aromatic carbocycles. The minimum atomic E-state index is -0.360. The highest BCUT2D eigenvalue weighted by molar-refractivity contribution is 9.10. The lowest BCUT2D eigenvalue weighted by molar-refractivity contribution is 0.636. The Morgan fingerprint density at radius 1 is 1.23 bits per heavy atom. The number of hydrogen-bond acceptors (Lipinski definition) is 1. The van der Waals surface area contributed by atoms with Crippen molar-refractivity contribution in [3.8, 4) is 0 Å². The third kappa shape index (κ3) is 1.54. The second-order valence-electron chi connectivity index (χ2n) is 2.56. The summed E-state index contributed by atoms with van der Waals surface area (Å²) in [6.07, 6.45) is 0. The fraction of sp³-hybridized carbons (Fsp3) is 0. The van der Waals surface area contributed by atoms with Crippen molar-refractivity contribution in [3.63, 3.8) is 0 Å². The summed E-state index contributed by atoms with van der Waals surface area (Å²) >= 11 is 9.03. The van der Waals surface area contributed by atoms with Gasteiger partial charge in [0.15, 0.2) is 0 Å². The molecule has 0 saturated heterocycles. The van der Waals surface area contributed by atoms with Crippen LogP contribution in [-0.4, -0.2) is 4.98 Å². The van der Waals surface area contributed by atoms with Crippen LogP contribution in [0.5, 0.6) is 0 Å². The van der Waals surface area contributed by atoms with E-state index in [1.54, 1.807) is 12.1 Å². The number of halogens is 3. The molecule has 4 heteroatoms. The van der Waals surface area contributed by atoms with E-state index in [1.165, 1.54) is 12.1 Å². The first kappa shape index (κ1) is 8.91. The van der Waals surface area contributed by atoms with E-state index in [0.29, 0.717) is 20.5 Å². The first-order valence-corrected chi connectivity index (χ1v) is 4.76. The molecule has 0 aliphatic carbocycles. The van der Waals surface area contributed by atoms with Gasteiger partial charge in [-0.05, 0) is 40.2 Å². The predicted molar refractivity (Wildman–Crippen MR) is 54.4 cm³/mol. The van der Waals surface area contributed by atoms with E-state index in [-0.39, 0.29) is 5.82 Å². The molecule has 2 aromatic rings. The molecular weight excluding hydrogens is 256 g/mol. The third-order valence-corrected chi connectivity index (χ3v) is 2.49. The normalized spacial score (nSPS) is 10.7. The van der Waals surface area contributed by atoms with Crippen molar-refractivity contribution in [2.75, 3.05) is 0 Å². The summed E-state index contributed by atoms with van der Waals surface area (Å²) in [6.45, 7) is 0. The van der Waals surface area contributed by atoms with Crippen LogP contribution >= 0.6 is 27.5 Å². The van der Waals surface area contributed by atoms with Gasteiger partial charge in [0.25, 0.3) is 0 Å². The van der Waals surface area contributed by atoms with Crippen molar-refractivity contribution < 1.29 is 4.39 Å². The summed E-state index contributed by atoms with van der Waals surface area (Å²) in [6, 6.07) is 6.30. The van der Waals surface area contributed by atoms with Gasteiger partial charge in [-0.3, -0.25) is 0 Å². The molecule has 0 unspecified atom stereocenters. The Labute approximate surface area is 87.7 Å². The van der Waals surface area contributed by atoms with E-state index in [9.17, 15) is 4.39 Å². The molecule has 2 rings (SSSR count). The smallest absolute Gasteiger partial charge is 0.149 e. The first-order chi connectivity index (χ1) is 6.18. The lowest BCUT2D eigenvalue weighted by atomic mass is 10.2. The quantitative estimate of drug-likeness (QED) is 0.657. The molecule has 0 N–H and O–H groups in total. The fourth-order valence-electron chi connectivity index (χ4n) is 1.13. The fourth-order valence-corrected chi connectivity index (χ4v) is 1.65. The number of benzene rings is 1. The molecule has 0 amide bonds. The van der Waals surface area contributed by atoms with E-state index < -0.39 is 0 Å². The van der Waals surface area contributed by atoms with Gasteiger partial charge in [0.2, 0.25) is 0 Å². The first-order valence-electron chi connectivity index (χ1n) is 3.59. The van der Waals surface area contributed by atoms with E-state index in [2.05, 4.69) is 20.9 Å². The van der Waals surface area contributed by atoms with Crippen molar-refractivity contribution >= 4 is 38.4 Å². The van der Waals surface area contributed by atoms with Crippen LogP contribution < -0.4 is 0 Å². The molecule has 0 radical (unpaired) electrons. The lowest BCUT2D eigenvalue weighted by Crippen LogP contribution is -1.85. The van der Waals surface area contributed by atoms with Crippen LogP contribution in [0.3, 0.4) is 0 Å². The molecule has 1 aromatic heterocycles. The molecule has 1 heterocycles. The SMILES string of the molecule is Fc1ccc(Cl)c2ccc(Br)nc12. The number of aromatic nitrogens is 1. The summed E-state index contributed by atoms with van der Waals surface area (Å²) in [7, 11) is 0. The van der Waals surface area contributed by atoms with Gasteiger partial charge in [-0.25, -0.2) is 9.37 Å². The third-order valence-electron chi connectivity index (χ3n) is 1.72. The van der Waals surface area contributed by atoms with Crippen LogP contribution in [0.15, 0.2) is 28.9 Å². The van der Waals surface area contributed by atoms with Crippen LogP contribution in [0, 0.1) is 5.82 Å². The van der Waals surface area contributed by atoms with Crippen molar-refractivity contribution in [1.29, 1.82) is 0 Å². The highest BCUT2D eigenvalue weighted by Gasteiger charge is 2.05. The molecule has 0 bridgehead atoms. The van der Waals surface area contributed by atoms with E-state index in [1.807, 2.05) is 0 Å². The zero-order chi connectivity index (χ0) is 9.42. The van der Waals surface area contributed by atoms with Gasteiger partial charge in [-0.2, -0.15) is 0 Å². The van der Waals surface area contributed by atoms with Crippen LogP contribution in [0.4, 0.5) is 4.39 Å². The summed E-state index contributed by atoms with van der Waals surface area (Å²) in [5.74, 6) is -0.360. The molecule has 0 aliphatic rings. The topological polar surface area (TPSA) is 12.9 Å². The van der Waals surface area contributed by atoms with Gasteiger partial charge < -0.3 is 0 Å². The molecular formula is C9H4BrClFN. The number of rotatable bonds is 0. The molecule has 0 atom stereocenters. The predicted octanol–water partition coefficient (Wildman–Crippen LogP) is 3.79. The Morgan fingerprint density at radius 2 is 2.00 bits per heavy atom. The van der Waals surface area contributed by atoms with Crippen molar-refractivity contribution in [2.24, 2.45) is 0 Å². The van der Waals surface area contributed by atoms with Crippen molar-refractivity contribution in [2.45, 2.75) is 0 Å². The Balaban J connectivity index is 2.92. The van der Waals surface area contributed by atoms with Crippen LogP contribution in [-0.2, 0) is 0 Å². The maximum atomic E-state index is 13.2. The minimum absolute atomic E-state index is 0.293. The monoisotopic (exact) mass is 259 g/mol. The minimum Gasteiger partial charge on any atom is -0.238 e. The molecule has 13 heavy (non-hydrogen) atoms. The lowest BCUT2D eigenvalue weighted by Gasteiger charge is -2.00. The average molecular weight is 260 g/mol. The zero-order valence-electron chi connectivity index (χ0n) is 6.39. The Kier molecular flexibility index (Phi) is 2.22. The maximum Gasteiger partial charge on any atom is 0.149 e. The molecule has 1 nitrogen and oxygen atoms in total. The van der Waals surface area contributed by atoms with Gasteiger partial charge >= 0.3 is 0 Å². The van der Waals surface area contributed by atoms with Crippen molar-refractivity contribution in [1.82, 2.24) is 4.98 Å². The second kappa shape index (κ2) is 3.24. The Hall–Kier alpha value is -0.670. The Bertz CT molecular complexity index is 472.